The Morgan fingerprint density at radius 2 is 2.06 bits per heavy atom. The maximum absolute atomic E-state index is 6.11. The van der Waals surface area contributed by atoms with Gasteiger partial charge in [0.1, 0.15) is 5.82 Å². The van der Waals surface area contributed by atoms with Crippen molar-refractivity contribution in [2.75, 3.05) is 0 Å². The molecule has 0 saturated heterocycles. The van der Waals surface area contributed by atoms with E-state index in [0.717, 1.165) is 11.3 Å². The van der Waals surface area contributed by atoms with E-state index in [1.165, 1.54) is 36.8 Å². The summed E-state index contributed by atoms with van der Waals surface area (Å²) in [5.41, 5.74) is 3.79. The molecule has 0 bridgehead atoms. The summed E-state index contributed by atoms with van der Waals surface area (Å²) in [6.45, 7) is 4.47. The molecule has 0 unspecified atom stereocenters. The summed E-state index contributed by atoms with van der Waals surface area (Å²) >= 11 is 6.11. The molecule has 1 fully saturated rings. The lowest BCUT2D eigenvalue weighted by Gasteiger charge is -2.28. The predicted molar refractivity (Wildman–Crippen MR) is 76.1 cm³/mol. The number of para-hydroxylation sites is 1. The number of hydrogen-bond acceptors (Lipinski definition) is 1. The van der Waals surface area contributed by atoms with E-state index in [-0.39, 0.29) is 5.54 Å². The highest BCUT2D eigenvalue weighted by molar-refractivity contribution is 6.16. The lowest BCUT2D eigenvalue weighted by atomic mass is 9.99. The van der Waals surface area contributed by atoms with Crippen molar-refractivity contribution in [3.63, 3.8) is 0 Å². The van der Waals surface area contributed by atoms with Gasteiger partial charge in [-0.2, -0.15) is 0 Å². The smallest absolute Gasteiger partial charge is 0.125 e. The van der Waals surface area contributed by atoms with Crippen LogP contribution in [-0.2, 0) is 11.4 Å². The highest BCUT2D eigenvalue weighted by atomic mass is 35.5. The van der Waals surface area contributed by atoms with Gasteiger partial charge in [0.05, 0.1) is 16.9 Å². The van der Waals surface area contributed by atoms with Crippen LogP contribution in [0, 0.1) is 6.92 Å². The summed E-state index contributed by atoms with van der Waals surface area (Å²) in [7, 11) is 0. The van der Waals surface area contributed by atoms with E-state index in [1.807, 2.05) is 0 Å². The molecule has 0 radical (unpaired) electrons. The Morgan fingerprint density at radius 1 is 1.33 bits per heavy atom. The van der Waals surface area contributed by atoms with Crippen molar-refractivity contribution in [2.45, 2.75) is 50.9 Å². The molecule has 1 aliphatic rings. The molecule has 0 N–H and O–H groups in total. The van der Waals surface area contributed by atoms with Crippen LogP contribution in [0.2, 0.25) is 0 Å². The molecule has 3 heteroatoms. The quantitative estimate of drug-likeness (QED) is 0.735. The number of fused-ring (bicyclic) bond motifs is 1. The van der Waals surface area contributed by atoms with Gasteiger partial charge in [-0.1, -0.05) is 25.0 Å². The van der Waals surface area contributed by atoms with Crippen LogP contribution in [-0.4, -0.2) is 9.55 Å². The molecule has 18 heavy (non-hydrogen) atoms. The van der Waals surface area contributed by atoms with Crippen LogP contribution >= 0.6 is 11.6 Å². The average Bonchev–Trinajstić information content (AvgIpc) is 2.94. The molecule has 0 aliphatic heterocycles. The minimum Gasteiger partial charge on any atom is -0.321 e. The summed E-state index contributed by atoms with van der Waals surface area (Å²) in [5.74, 6) is 1.51. The molecule has 0 spiro atoms. The number of aromatic nitrogens is 2. The molecule has 96 valence electrons. The largest absolute Gasteiger partial charge is 0.321 e. The maximum Gasteiger partial charge on any atom is 0.125 e. The minimum atomic E-state index is 0.201. The molecule has 1 aliphatic carbocycles. The Balaban J connectivity index is 2.29. The SMILES string of the molecule is Cc1cccc2c1nc(CCl)n2C1(C)CCCC1. The standard InChI is InChI=1S/C15H19ClN2/c1-11-6-5-7-12-14(11)17-13(10-16)18(12)15(2)8-3-4-9-15/h5-7H,3-4,8-10H2,1-2H3. The number of halogens is 1. The molecule has 1 aromatic carbocycles. The number of imidazole rings is 1. The number of aryl methyl sites for hydroxylation is 1. The third kappa shape index (κ3) is 1.66. The van der Waals surface area contributed by atoms with Gasteiger partial charge in [-0.05, 0) is 38.3 Å². The Kier molecular flexibility index (Phi) is 2.86. The molecule has 0 amide bonds. The lowest BCUT2D eigenvalue weighted by molar-refractivity contribution is 0.331. The molecule has 1 heterocycles. The van der Waals surface area contributed by atoms with Crippen LogP contribution in [0.25, 0.3) is 11.0 Å². The van der Waals surface area contributed by atoms with E-state index in [4.69, 9.17) is 16.6 Å². The van der Waals surface area contributed by atoms with Gasteiger partial charge in [-0.25, -0.2) is 4.98 Å². The first kappa shape index (κ1) is 12.0. The number of rotatable bonds is 2. The summed E-state index contributed by atoms with van der Waals surface area (Å²) in [5, 5.41) is 0. The van der Waals surface area contributed by atoms with Crippen LogP contribution in [0.1, 0.15) is 44.0 Å². The van der Waals surface area contributed by atoms with Gasteiger partial charge in [0, 0.05) is 5.54 Å². The van der Waals surface area contributed by atoms with Gasteiger partial charge in [0.25, 0.3) is 0 Å². The highest BCUT2D eigenvalue weighted by Crippen LogP contribution is 2.39. The Morgan fingerprint density at radius 3 is 2.72 bits per heavy atom. The molecule has 1 aromatic heterocycles. The van der Waals surface area contributed by atoms with E-state index >= 15 is 0 Å². The normalized spacial score (nSPS) is 18.6. The Bertz CT molecular complexity index is 579. The van der Waals surface area contributed by atoms with Crippen LogP contribution in [0.3, 0.4) is 0 Å². The number of nitrogens with zero attached hydrogens (tertiary/aromatic N) is 2. The molecular formula is C15H19ClN2. The van der Waals surface area contributed by atoms with E-state index in [9.17, 15) is 0 Å². The molecule has 2 aromatic rings. The number of hydrogen-bond donors (Lipinski definition) is 0. The van der Waals surface area contributed by atoms with Crippen molar-refractivity contribution in [3.8, 4) is 0 Å². The lowest BCUT2D eigenvalue weighted by Crippen LogP contribution is -2.27. The highest BCUT2D eigenvalue weighted by Gasteiger charge is 2.33. The van der Waals surface area contributed by atoms with Gasteiger partial charge < -0.3 is 4.57 Å². The topological polar surface area (TPSA) is 17.8 Å². The van der Waals surface area contributed by atoms with Crippen molar-refractivity contribution in [3.05, 3.63) is 29.6 Å². The van der Waals surface area contributed by atoms with Crippen molar-refractivity contribution in [1.82, 2.24) is 9.55 Å². The second kappa shape index (κ2) is 4.27. The fourth-order valence-electron chi connectivity index (χ4n) is 3.34. The van der Waals surface area contributed by atoms with E-state index < -0.39 is 0 Å². The maximum atomic E-state index is 6.11. The summed E-state index contributed by atoms with van der Waals surface area (Å²) in [6.07, 6.45) is 5.08. The summed E-state index contributed by atoms with van der Waals surface area (Å²) < 4.78 is 2.40. The van der Waals surface area contributed by atoms with Crippen molar-refractivity contribution < 1.29 is 0 Å². The fraction of sp³-hybridized carbons (Fsp3) is 0.533. The molecule has 2 nitrogen and oxygen atoms in total. The van der Waals surface area contributed by atoms with Crippen molar-refractivity contribution in [2.24, 2.45) is 0 Å². The third-order valence-electron chi connectivity index (χ3n) is 4.30. The van der Waals surface area contributed by atoms with Gasteiger partial charge >= 0.3 is 0 Å². The predicted octanol–water partition coefficient (Wildman–Crippen LogP) is 4.37. The second-order valence-corrected chi connectivity index (χ2v) is 5.91. The summed E-state index contributed by atoms with van der Waals surface area (Å²) in [4.78, 5) is 4.75. The van der Waals surface area contributed by atoms with Gasteiger partial charge in [0.15, 0.2) is 0 Å². The zero-order valence-electron chi connectivity index (χ0n) is 11.0. The van der Waals surface area contributed by atoms with Crippen LogP contribution in [0.5, 0.6) is 0 Å². The number of benzene rings is 1. The zero-order chi connectivity index (χ0) is 12.8. The minimum absolute atomic E-state index is 0.201. The van der Waals surface area contributed by atoms with Crippen LogP contribution in [0.4, 0.5) is 0 Å². The van der Waals surface area contributed by atoms with Crippen molar-refractivity contribution >= 4 is 22.6 Å². The molecule has 1 saturated carbocycles. The monoisotopic (exact) mass is 262 g/mol. The van der Waals surface area contributed by atoms with E-state index in [0.29, 0.717) is 5.88 Å². The van der Waals surface area contributed by atoms with Crippen molar-refractivity contribution in [1.29, 1.82) is 0 Å². The second-order valence-electron chi connectivity index (χ2n) is 5.64. The first-order valence-corrected chi connectivity index (χ1v) is 7.22. The first-order chi connectivity index (χ1) is 8.65. The molecule has 0 atom stereocenters. The fourth-order valence-corrected chi connectivity index (χ4v) is 3.52. The van der Waals surface area contributed by atoms with E-state index in [2.05, 4.69) is 36.6 Å². The van der Waals surface area contributed by atoms with Crippen LogP contribution < -0.4 is 0 Å². The number of alkyl halides is 1. The summed E-state index contributed by atoms with van der Waals surface area (Å²) in [6, 6.07) is 6.41. The average molecular weight is 263 g/mol. The third-order valence-corrected chi connectivity index (χ3v) is 4.54. The van der Waals surface area contributed by atoms with Gasteiger partial charge in [0.2, 0.25) is 0 Å². The molecular weight excluding hydrogens is 244 g/mol. The van der Waals surface area contributed by atoms with Crippen LogP contribution in [0.15, 0.2) is 18.2 Å². The van der Waals surface area contributed by atoms with E-state index in [1.54, 1.807) is 0 Å². The van der Waals surface area contributed by atoms with Gasteiger partial charge in [-0.3, -0.25) is 0 Å². The Labute approximate surface area is 113 Å². The molecule has 3 rings (SSSR count). The first-order valence-electron chi connectivity index (χ1n) is 6.69. The zero-order valence-corrected chi connectivity index (χ0v) is 11.8. The van der Waals surface area contributed by atoms with Gasteiger partial charge in [-0.15, -0.1) is 11.6 Å². The Hall–Kier alpha value is -1.02.